The molecule has 0 spiro atoms. The van der Waals surface area contributed by atoms with Gasteiger partial charge in [-0.2, -0.15) is 9.48 Å². The fraction of sp³-hybridized carbons (Fsp3) is 0.308. The molecule has 3 aromatic rings. The normalized spacial score (nSPS) is 15.3. The quantitative estimate of drug-likeness (QED) is 0.435. The maximum atomic E-state index is 13.6. The highest BCUT2D eigenvalue weighted by atomic mass is 16.2. The maximum Gasteiger partial charge on any atom is 0.529 e. The summed E-state index contributed by atoms with van der Waals surface area (Å²) in [5, 5.41) is 6.71. The van der Waals surface area contributed by atoms with Crippen molar-refractivity contribution in [3.8, 4) is 0 Å². The van der Waals surface area contributed by atoms with Gasteiger partial charge in [0.15, 0.2) is 5.70 Å². The minimum absolute atomic E-state index is 0.177. The Kier molecular flexibility index (Phi) is 5.99. The summed E-state index contributed by atoms with van der Waals surface area (Å²) in [6.07, 6.45) is 0. The number of rotatable bonds is 4. The Morgan fingerprint density at radius 1 is 0.778 bits per heavy atom. The highest BCUT2D eigenvalue weighted by Gasteiger charge is 2.52. The number of aromatic amines is 1. The summed E-state index contributed by atoms with van der Waals surface area (Å²) in [6.45, 7) is 10.4. The van der Waals surface area contributed by atoms with Gasteiger partial charge in [0.2, 0.25) is 0 Å². The molecule has 0 bridgehead atoms. The number of H-pyrrole nitrogens is 1. The van der Waals surface area contributed by atoms with Gasteiger partial charge in [-0.3, -0.25) is 0 Å². The fourth-order valence-electron chi connectivity index (χ4n) is 4.12. The number of benzene rings is 2. The van der Waals surface area contributed by atoms with E-state index in [0.29, 0.717) is 11.1 Å². The number of nitrogens with zero attached hydrogens (tertiary/aromatic N) is 5. The van der Waals surface area contributed by atoms with Crippen LogP contribution in [-0.2, 0) is 5.54 Å². The first kappa shape index (κ1) is 24.8. The first-order valence-electron chi connectivity index (χ1n) is 11.5. The molecular formula is C26H29N6O4+. The molecule has 0 radical (unpaired) electrons. The fourth-order valence-corrected chi connectivity index (χ4v) is 4.12. The molecule has 2 heterocycles. The standard InChI is InChI=1S/C26H28N6O4/c1-25(2,3)29-21(33)27-31(23(29)35)19(17-13-9-7-10-14-17)20(18-15-11-8-12-16-18)32-24(36)30(22(34)28-32)26(4,5)6/h7-16H,1-6H3/p+1/b20-19+. The van der Waals surface area contributed by atoms with Crippen molar-refractivity contribution in [1.82, 2.24) is 19.2 Å². The second-order valence-corrected chi connectivity index (χ2v) is 10.5. The molecule has 10 heteroatoms. The van der Waals surface area contributed by atoms with E-state index < -0.39 is 34.5 Å². The lowest BCUT2D eigenvalue weighted by atomic mass is 10.0. The van der Waals surface area contributed by atoms with Crippen LogP contribution >= 0.6 is 0 Å². The largest absolute Gasteiger partial charge is 0.529 e. The van der Waals surface area contributed by atoms with E-state index in [1.54, 1.807) is 90.1 Å². The van der Waals surface area contributed by atoms with Crippen molar-refractivity contribution in [3.63, 3.8) is 0 Å². The molecule has 0 fully saturated rings. The zero-order valence-corrected chi connectivity index (χ0v) is 21.1. The lowest BCUT2D eigenvalue weighted by Crippen LogP contribution is -2.46. The summed E-state index contributed by atoms with van der Waals surface area (Å²) in [5.41, 5.74) is -1.43. The molecule has 2 aromatic carbocycles. The summed E-state index contributed by atoms with van der Waals surface area (Å²) in [4.78, 5) is 54.1. The maximum absolute atomic E-state index is 13.6. The molecule has 0 unspecified atom stereocenters. The van der Waals surface area contributed by atoms with E-state index in [0.717, 1.165) is 18.8 Å². The average Bonchev–Trinajstić information content (AvgIpc) is 3.26. The molecule has 4 amide bonds. The van der Waals surface area contributed by atoms with Gasteiger partial charge >= 0.3 is 23.4 Å². The van der Waals surface area contributed by atoms with Crippen LogP contribution in [-0.4, -0.2) is 41.5 Å². The van der Waals surface area contributed by atoms with Crippen molar-refractivity contribution in [2.24, 2.45) is 5.11 Å². The molecule has 4 rings (SSSR count). The number of imide groups is 1. The molecule has 0 atom stereocenters. The number of hydrogen-bond acceptors (Lipinski definition) is 4. The van der Waals surface area contributed by atoms with E-state index in [-0.39, 0.29) is 11.4 Å². The third kappa shape index (κ3) is 4.26. The zero-order valence-electron chi connectivity index (χ0n) is 21.1. The molecule has 0 aliphatic carbocycles. The Morgan fingerprint density at radius 2 is 1.31 bits per heavy atom. The van der Waals surface area contributed by atoms with Gasteiger partial charge in [-0.15, -0.1) is 4.90 Å². The number of carbonyl (C=O) groups excluding carboxylic acids is 2. The highest BCUT2D eigenvalue weighted by Crippen LogP contribution is 2.32. The van der Waals surface area contributed by atoms with E-state index in [2.05, 4.69) is 10.2 Å². The number of azo groups is 2. The molecule has 186 valence electrons. The summed E-state index contributed by atoms with van der Waals surface area (Å²) >= 11 is 0. The van der Waals surface area contributed by atoms with Gasteiger partial charge in [0.05, 0.1) is 0 Å². The van der Waals surface area contributed by atoms with Gasteiger partial charge in [-0.1, -0.05) is 65.4 Å². The summed E-state index contributed by atoms with van der Waals surface area (Å²) < 4.78 is 3.22. The van der Waals surface area contributed by atoms with Crippen molar-refractivity contribution in [1.29, 1.82) is 0 Å². The number of nitrogens with one attached hydrogen (secondary N) is 1. The van der Waals surface area contributed by atoms with E-state index in [1.165, 1.54) is 0 Å². The minimum atomic E-state index is -0.832. The Morgan fingerprint density at radius 3 is 1.75 bits per heavy atom. The van der Waals surface area contributed by atoms with Gasteiger partial charge in [0.1, 0.15) is 11.2 Å². The molecule has 0 saturated carbocycles. The second-order valence-electron chi connectivity index (χ2n) is 10.5. The number of carbonyl (C=O) groups is 2. The SMILES string of the molecule is CC(C)(C)N1C(=O)N=[N+](/C(=C(\c2ccccc2)n2[nH]c(=O)n(C(C)(C)C)c2=O)c2ccccc2)C1=O. The molecule has 1 aliphatic rings. The lowest BCUT2D eigenvalue weighted by Gasteiger charge is -2.20. The van der Waals surface area contributed by atoms with Crippen molar-refractivity contribution in [2.75, 3.05) is 0 Å². The average molecular weight is 490 g/mol. The van der Waals surface area contributed by atoms with E-state index in [9.17, 15) is 19.2 Å². The predicted molar refractivity (Wildman–Crippen MR) is 134 cm³/mol. The highest BCUT2D eigenvalue weighted by molar-refractivity contribution is 5.98. The van der Waals surface area contributed by atoms with Gasteiger partial charge < -0.3 is 0 Å². The van der Waals surface area contributed by atoms with E-state index in [1.807, 2.05) is 12.1 Å². The van der Waals surface area contributed by atoms with Crippen molar-refractivity contribution < 1.29 is 14.3 Å². The number of aromatic nitrogens is 3. The van der Waals surface area contributed by atoms with Crippen LogP contribution in [0.4, 0.5) is 9.59 Å². The topological polar surface area (TPSA) is 113 Å². The smallest absolute Gasteiger partial charge is 0.246 e. The minimum Gasteiger partial charge on any atom is -0.246 e. The Bertz CT molecular complexity index is 1510. The van der Waals surface area contributed by atoms with Gasteiger partial charge in [0.25, 0.3) is 0 Å². The number of amides is 4. The van der Waals surface area contributed by atoms with Gasteiger partial charge in [-0.25, -0.2) is 24.0 Å². The van der Waals surface area contributed by atoms with Crippen molar-refractivity contribution in [3.05, 3.63) is 92.8 Å². The number of hydrogen-bond donors (Lipinski definition) is 1. The van der Waals surface area contributed by atoms with Crippen molar-refractivity contribution >= 4 is 23.5 Å². The van der Waals surface area contributed by atoms with Crippen LogP contribution in [0.15, 0.2) is 75.4 Å². The van der Waals surface area contributed by atoms with Crippen LogP contribution in [0.25, 0.3) is 11.4 Å². The summed E-state index contributed by atoms with van der Waals surface area (Å²) in [7, 11) is 0. The molecule has 1 aliphatic heterocycles. The lowest BCUT2D eigenvalue weighted by molar-refractivity contribution is -0.392. The third-order valence-electron chi connectivity index (χ3n) is 5.64. The van der Waals surface area contributed by atoms with Crippen molar-refractivity contribution in [2.45, 2.75) is 52.6 Å². The molecule has 36 heavy (non-hydrogen) atoms. The molecule has 0 saturated heterocycles. The van der Waals surface area contributed by atoms with Crippen LogP contribution < -0.4 is 11.4 Å². The molecular weight excluding hydrogens is 460 g/mol. The Hall–Kier alpha value is -4.34. The Balaban J connectivity index is 2.15. The van der Waals surface area contributed by atoms with Crippen LogP contribution in [0.3, 0.4) is 0 Å². The number of urea groups is 2. The van der Waals surface area contributed by atoms with Gasteiger partial charge in [-0.05, 0) is 41.5 Å². The van der Waals surface area contributed by atoms with E-state index >= 15 is 0 Å². The summed E-state index contributed by atoms with van der Waals surface area (Å²) in [6, 6.07) is 16.3. The monoisotopic (exact) mass is 489 g/mol. The van der Waals surface area contributed by atoms with Crippen LogP contribution in [0.1, 0.15) is 52.7 Å². The second kappa shape index (κ2) is 8.71. The molecule has 10 nitrogen and oxygen atoms in total. The molecule has 1 N–H and O–H groups in total. The van der Waals surface area contributed by atoms with Gasteiger partial charge in [0, 0.05) is 21.8 Å². The molecule has 1 aromatic heterocycles. The predicted octanol–water partition coefficient (Wildman–Crippen LogP) is 4.29. The van der Waals surface area contributed by atoms with Crippen LogP contribution in [0.2, 0.25) is 0 Å². The first-order valence-corrected chi connectivity index (χ1v) is 11.5. The zero-order chi connectivity index (χ0) is 26.4. The van der Waals surface area contributed by atoms with E-state index in [4.69, 9.17) is 0 Å². The first-order chi connectivity index (χ1) is 16.8. The van der Waals surface area contributed by atoms with Crippen LogP contribution in [0, 0.1) is 0 Å². The third-order valence-corrected chi connectivity index (χ3v) is 5.64. The Labute approximate surface area is 207 Å². The van der Waals surface area contributed by atoms with Crippen LogP contribution in [0.5, 0.6) is 0 Å². The summed E-state index contributed by atoms with van der Waals surface area (Å²) in [5.74, 6) is 0.